The van der Waals surface area contributed by atoms with Gasteiger partial charge in [0.25, 0.3) is 0 Å². The first-order valence-electron chi connectivity index (χ1n) is 9.52. The van der Waals surface area contributed by atoms with E-state index < -0.39 is 6.09 Å². The summed E-state index contributed by atoms with van der Waals surface area (Å²) in [5, 5.41) is 19.2. The Labute approximate surface area is 167 Å². The molecule has 1 aliphatic heterocycles. The normalized spacial score (nSPS) is 21.2. The number of rotatable bonds is 4. The highest BCUT2D eigenvalue weighted by molar-refractivity contribution is 6.33. The van der Waals surface area contributed by atoms with E-state index in [0.717, 1.165) is 55.5 Å². The van der Waals surface area contributed by atoms with Crippen LogP contribution in [0.15, 0.2) is 18.5 Å². The second-order valence-corrected chi connectivity index (χ2v) is 7.79. The molecule has 3 heterocycles. The molecule has 3 N–H and O–H groups in total. The van der Waals surface area contributed by atoms with Gasteiger partial charge >= 0.3 is 6.09 Å². The lowest BCUT2D eigenvalue weighted by Gasteiger charge is -2.28. The van der Waals surface area contributed by atoms with Gasteiger partial charge in [-0.05, 0) is 38.2 Å². The number of aryl methyl sites for hydroxylation is 1. The van der Waals surface area contributed by atoms with Gasteiger partial charge < -0.3 is 15.7 Å². The third kappa shape index (κ3) is 3.82. The Bertz CT molecular complexity index is 913. The zero-order chi connectivity index (χ0) is 19.7. The summed E-state index contributed by atoms with van der Waals surface area (Å²) in [6.07, 6.45) is 7.12. The first-order valence-corrected chi connectivity index (χ1v) is 9.90. The van der Waals surface area contributed by atoms with E-state index in [1.54, 1.807) is 12.3 Å². The van der Waals surface area contributed by atoms with Gasteiger partial charge in [-0.15, -0.1) is 0 Å². The molecule has 0 radical (unpaired) electrons. The van der Waals surface area contributed by atoms with Gasteiger partial charge in [-0.3, -0.25) is 9.48 Å². The number of aromatic nitrogens is 3. The highest BCUT2D eigenvalue weighted by Crippen LogP contribution is 2.34. The van der Waals surface area contributed by atoms with Gasteiger partial charge in [-0.2, -0.15) is 5.10 Å². The minimum atomic E-state index is -1.05. The fraction of sp³-hybridized carbons (Fsp3) is 0.474. The molecule has 2 amide bonds. The maximum atomic E-state index is 12.7. The molecule has 148 valence electrons. The molecule has 8 nitrogen and oxygen atoms in total. The average molecular weight is 404 g/mol. The maximum absolute atomic E-state index is 12.7. The van der Waals surface area contributed by atoms with Crippen LogP contribution in [-0.4, -0.2) is 37.9 Å². The van der Waals surface area contributed by atoms with Crippen LogP contribution in [0.5, 0.6) is 0 Å². The minimum Gasteiger partial charge on any atom is -0.465 e. The molecule has 2 aliphatic rings. The Morgan fingerprint density at radius 3 is 2.89 bits per heavy atom. The average Bonchev–Trinajstić information content (AvgIpc) is 3.27. The molecule has 1 aliphatic carbocycles. The van der Waals surface area contributed by atoms with Crippen molar-refractivity contribution in [2.45, 2.75) is 51.1 Å². The van der Waals surface area contributed by atoms with E-state index >= 15 is 0 Å². The SMILES string of the molecule is O=C(O)N[C@@H]1CCC[C@H](C(=O)Nc2cc(-c3cnn4c3CCC4)c(Cl)cn2)C1. The van der Waals surface area contributed by atoms with Crippen LogP contribution < -0.4 is 10.6 Å². The summed E-state index contributed by atoms with van der Waals surface area (Å²) in [4.78, 5) is 27.8. The molecule has 2 aromatic heterocycles. The monoisotopic (exact) mass is 403 g/mol. The van der Waals surface area contributed by atoms with Crippen molar-refractivity contribution in [3.05, 3.63) is 29.2 Å². The Kier molecular flexibility index (Phi) is 5.21. The van der Waals surface area contributed by atoms with Crippen LogP contribution in [0.4, 0.5) is 10.6 Å². The molecule has 2 aromatic rings. The molecule has 28 heavy (non-hydrogen) atoms. The van der Waals surface area contributed by atoms with Crippen LogP contribution in [-0.2, 0) is 17.8 Å². The second-order valence-electron chi connectivity index (χ2n) is 7.38. The van der Waals surface area contributed by atoms with E-state index in [9.17, 15) is 9.59 Å². The standard InChI is InChI=1S/C19H22ClN5O3/c20-15-10-21-17(8-13(15)14-9-22-25-6-2-5-16(14)25)24-18(26)11-3-1-4-12(7-11)23-19(27)28/h8-12,23H,1-7H2,(H,27,28)(H,21,24,26)/t11-,12+/m0/s1. The van der Waals surface area contributed by atoms with E-state index in [0.29, 0.717) is 17.3 Å². The summed E-state index contributed by atoms with van der Waals surface area (Å²) in [6, 6.07) is 1.59. The summed E-state index contributed by atoms with van der Waals surface area (Å²) < 4.78 is 1.99. The Morgan fingerprint density at radius 2 is 2.07 bits per heavy atom. The van der Waals surface area contributed by atoms with Gasteiger partial charge in [0, 0.05) is 41.5 Å². The van der Waals surface area contributed by atoms with Gasteiger partial charge in [0.05, 0.1) is 11.2 Å². The number of nitrogens with zero attached hydrogens (tertiary/aromatic N) is 3. The third-order valence-corrected chi connectivity index (χ3v) is 5.80. The summed E-state index contributed by atoms with van der Waals surface area (Å²) in [6.45, 7) is 0.912. The number of hydrogen-bond donors (Lipinski definition) is 3. The van der Waals surface area contributed by atoms with E-state index in [1.807, 2.05) is 10.9 Å². The predicted octanol–water partition coefficient (Wildman–Crippen LogP) is 3.31. The fourth-order valence-corrected chi connectivity index (χ4v) is 4.37. The number of carbonyl (C=O) groups excluding carboxylic acids is 1. The number of hydrogen-bond acceptors (Lipinski definition) is 4. The van der Waals surface area contributed by atoms with E-state index in [-0.39, 0.29) is 17.9 Å². The molecule has 4 rings (SSSR count). The molecule has 0 spiro atoms. The highest BCUT2D eigenvalue weighted by Gasteiger charge is 2.28. The number of nitrogens with one attached hydrogen (secondary N) is 2. The van der Waals surface area contributed by atoms with Gasteiger partial charge in [0.2, 0.25) is 5.91 Å². The zero-order valence-electron chi connectivity index (χ0n) is 15.3. The molecule has 9 heteroatoms. The number of carboxylic acid groups (broad SMARTS) is 1. The molecule has 1 fully saturated rings. The van der Waals surface area contributed by atoms with E-state index in [2.05, 4.69) is 20.7 Å². The summed E-state index contributed by atoms with van der Waals surface area (Å²) in [5.41, 5.74) is 2.94. The van der Waals surface area contributed by atoms with E-state index in [1.165, 1.54) is 0 Å². The van der Waals surface area contributed by atoms with Crippen LogP contribution in [0.25, 0.3) is 11.1 Å². The second kappa shape index (κ2) is 7.79. The van der Waals surface area contributed by atoms with Crippen molar-refractivity contribution in [1.29, 1.82) is 0 Å². The topological polar surface area (TPSA) is 109 Å². The Balaban J connectivity index is 1.49. The number of anilines is 1. The molecular formula is C19H22ClN5O3. The van der Waals surface area contributed by atoms with Crippen molar-refractivity contribution >= 4 is 29.4 Å². The van der Waals surface area contributed by atoms with Gasteiger partial charge in [-0.1, -0.05) is 18.0 Å². The lowest BCUT2D eigenvalue weighted by molar-refractivity contribution is -0.121. The van der Waals surface area contributed by atoms with Gasteiger partial charge in [0.15, 0.2) is 0 Å². The first-order chi connectivity index (χ1) is 13.5. The smallest absolute Gasteiger partial charge is 0.404 e. The van der Waals surface area contributed by atoms with Crippen molar-refractivity contribution in [3.63, 3.8) is 0 Å². The van der Waals surface area contributed by atoms with Crippen LogP contribution in [0.2, 0.25) is 5.02 Å². The summed E-state index contributed by atoms with van der Waals surface area (Å²) in [7, 11) is 0. The van der Waals surface area contributed by atoms with Crippen LogP contribution in [0.1, 0.15) is 37.8 Å². The summed E-state index contributed by atoms with van der Waals surface area (Å²) in [5.74, 6) is 0.0560. The predicted molar refractivity (Wildman–Crippen MR) is 104 cm³/mol. The number of halogens is 1. The van der Waals surface area contributed by atoms with Crippen molar-refractivity contribution in [2.24, 2.45) is 5.92 Å². The molecule has 0 saturated heterocycles. The van der Waals surface area contributed by atoms with Crippen LogP contribution >= 0.6 is 11.6 Å². The highest BCUT2D eigenvalue weighted by atomic mass is 35.5. The number of amides is 2. The number of carbonyl (C=O) groups is 2. The van der Waals surface area contributed by atoms with Crippen LogP contribution in [0, 0.1) is 5.92 Å². The van der Waals surface area contributed by atoms with Crippen molar-refractivity contribution in [2.75, 3.05) is 5.32 Å². The van der Waals surface area contributed by atoms with E-state index in [4.69, 9.17) is 16.7 Å². The van der Waals surface area contributed by atoms with Gasteiger partial charge in [0.1, 0.15) is 5.82 Å². The third-order valence-electron chi connectivity index (χ3n) is 5.50. The molecule has 2 atom stereocenters. The minimum absolute atomic E-state index is 0.141. The molecule has 0 bridgehead atoms. The van der Waals surface area contributed by atoms with Crippen molar-refractivity contribution < 1.29 is 14.7 Å². The largest absolute Gasteiger partial charge is 0.465 e. The Hall–Kier alpha value is -2.61. The molecule has 0 unspecified atom stereocenters. The number of fused-ring (bicyclic) bond motifs is 1. The van der Waals surface area contributed by atoms with Crippen LogP contribution in [0.3, 0.4) is 0 Å². The number of pyridine rings is 1. The lowest BCUT2D eigenvalue weighted by atomic mass is 9.85. The van der Waals surface area contributed by atoms with Crippen molar-refractivity contribution in [1.82, 2.24) is 20.1 Å². The molecule has 0 aromatic carbocycles. The fourth-order valence-electron chi connectivity index (χ4n) is 4.16. The quantitative estimate of drug-likeness (QED) is 0.725. The maximum Gasteiger partial charge on any atom is 0.404 e. The molecule has 1 saturated carbocycles. The summed E-state index contributed by atoms with van der Waals surface area (Å²) >= 11 is 6.37. The first kappa shape index (κ1) is 18.7. The lowest BCUT2D eigenvalue weighted by Crippen LogP contribution is -2.40. The zero-order valence-corrected chi connectivity index (χ0v) is 16.1. The molecular weight excluding hydrogens is 382 g/mol. The van der Waals surface area contributed by atoms with Gasteiger partial charge in [-0.25, -0.2) is 9.78 Å². The Morgan fingerprint density at radius 1 is 1.21 bits per heavy atom. The van der Waals surface area contributed by atoms with Crippen molar-refractivity contribution in [3.8, 4) is 11.1 Å².